The Bertz CT molecular complexity index is 305. The normalized spacial score (nSPS) is 9.40. The maximum atomic E-state index is 10.4. The van der Waals surface area contributed by atoms with Crippen molar-refractivity contribution in [3.8, 4) is 0 Å². The van der Waals surface area contributed by atoms with E-state index in [1.54, 1.807) is 12.1 Å². The van der Waals surface area contributed by atoms with Crippen LogP contribution in [0.2, 0.25) is 0 Å². The van der Waals surface area contributed by atoms with Crippen molar-refractivity contribution >= 4 is 5.69 Å². The summed E-state index contributed by atoms with van der Waals surface area (Å²) in [5, 5.41) is 10.4. The SMILES string of the molecule is CC(C)C.CCc1ccccc1[N+](=O)[O-]. The predicted molar refractivity (Wildman–Crippen MR) is 63.0 cm³/mol. The van der Waals surface area contributed by atoms with E-state index in [0.717, 1.165) is 11.5 Å². The molecule has 0 heterocycles. The summed E-state index contributed by atoms with van der Waals surface area (Å²) in [5.74, 6) is 0.833. The van der Waals surface area contributed by atoms with Gasteiger partial charge < -0.3 is 0 Å². The van der Waals surface area contributed by atoms with E-state index in [-0.39, 0.29) is 10.6 Å². The quantitative estimate of drug-likeness (QED) is 0.549. The van der Waals surface area contributed by atoms with Crippen molar-refractivity contribution in [2.75, 3.05) is 0 Å². The molecule has 0 spiro atoms. The van der Waals surface area contributed by atoms with Crippen LogP contribution in [-0.4, -0.2) is 4.92 Å². The van der Waals surface area contributed by atoms with Gasteiger partial charge in [0.05, 0.1) is 4.92 Å². The fraction of sp³-hybridized carbons (Fsp3) is 0.500. The number of aryl methyl sites for hydroxylation is 1. The number of nitro benzene ring substituents is 1. The Hall–Kier alpha value is -1.38. The highest BCUT2D eigenvalue weighted by molar-refractivity contribution is 5.39. The Balaban J connectivity index is 0.000000423. The smallest absolute Gasteiger partial charge is 0.258 e. The molecule has 15 heavy (non-hydrogen) atoms. The van der Waals surface area contributed by atoms with Crippen LogP contribution in [0.4, 0.5) is 5.69 Å². The van der Waals surface area contributed by atoms with E-state index in [1.807, 2.05) is 13.0 Å². The molecule has 0 fully saturated rings. The van der Waals surface area contributed by atoms with E-state index in [9.17, 15) is 10.1 Å². The molecule has 84 valence electrons. The van der Waals surface area contributed by atoms with Gasteiger partial charge in [-0.25, -0.2) is 0 Å². The number of para-hydroxylation sites is 1. The molecule has 0 aliphatic heterocycles. The lowest BCUT2D eigenvalue weighted by Crippen LogP contribution is -1.92. The monoisotopic (exact) mass is 209 g/mol. The van der Waals surface area contributed by atoms with Gasteiger partial charge in [0.2, 0.25) is 0 Å². The number of hydrogen-bond acceptors (Lipinski definition) is 2. The molecular weight excluding hydrogens is 190 g/mol. The average molecular weight is 209 g/mol. The summed E-state index contributed by atoms with van der Waals surface area (Å²) in [7, 11) is 0. The molecule has 0 amide bonds. The van der Waals surface area contributed by atoms with Gasteiger partial charge in [-0.3, -0.25) is 10.1 Å². The van der Waals surface area contributed by atoms with Crippen LogP contribution in [0.3, 0.4) is 0 Å². The third kappa shape index (κ3) is 5.83. The van der Waals surface area contributed by atoms with Crippen LogP contribution in [0.15, 0.2) is 24.3 Å². The molecule has 0 unspecified atom stereocenters. The van der Waals surface area contributed by atoms with E-state index in [4.69, 9.17) is 0 Å². The third-order valence-corrected chi connectivity index (χ3v) is 1.57. The zero-order valence-corrected chi connectivity index (χ0v) is 9.86. The molecule has 0 saturated heterocycles. The number of hydrogen-bond donors (Lipinski definition) is 0. The lowest BCUT2D eigenvalue weighted by atomic mass is 10.1. The molecule has 0 N–H and O–H groups in total. The molecule has 3 nitrogen and oxygen atoms in total. The Morgan fingerprint density at radius 3 is 2.07 bits per heavy atom. The van der Waals surface area contributed by atoms with Crippen LogP contribution < -0.4 is 0 Å². The zero-order chi connectivity index (χ0) is 11.8. The molecule has 3 heteroatoms. The van der Waals surface area contributed by atoms with Crippen molar-refractivity contribution in [2.45, 2.75) is 34.1 Å². The van der Waals surface area contributed by atoms with Crippen LogP contribution in [0.25, 0.3) is 0 Å². The lowest BCUT2D eigenvalue weighted by Gasteiger charge is -1.96. The van der Waals surface area contributed by atoms with Gasteiger partial charge in [0.1, 0.15) is 0 Å². The van der Waals surface area contributed by atoms with E-state index < -0.39 is 0 Å². The molecule has 0 radical (unpaired) electrons. The minimum atomic E-state index is -0.348. The van der Waals surface area contributed by atoms with Gasteiger partial charge in [-0.05, 0) is 12.3 Å². The molecule has 0 saturated carbocycles. The molecule has 1 rings (SSSR count). The fourth-order valence-corrected chi connectivity index (χ4v) is 0.988. The van der Waals surface area contributed by atoms with Crippen LogP contribution in [0, 0.1) is 16.0 Å². The zero-order valence-electron chi connectivity index (χ0n) is 9.86. The molecule has 1 aromatic carbocycles. The first-order valence-corrected chi connectivity index (χ1v) is 5.21. The van der Waals surface area contributed by atoms with E-state index in [1.165, 1.54) is 6.07 Å². The van der Waals surface area contributed by atoms with Gasteiger partial charge >= 0.3 is 0 Å². The maximum Gasteiger partial charge on any atom is 0.272 e. The van der Waals surface area contributed by atoms with Crippen LogP contribution >= 0.6 is 0 Å². The average Bonchev–Trinajstić information content (AvgIpc) is 2.16. The van der Waals surface area contributed by atoms with Gasteiger partial charge in [-0.2, -0.15) is 0 Å². The highest BCUT2D eigenvalue weighted by Gasteiger charge is 2.08. The maximum absolute atomic E-state index is 10.4. The number of rotatable bonds is 2. The van der Waals surface area contributed by atoms with E-state index in [0.29, 0.717) is 6.42 Å². The molecule has 0 atom stereocenters. The summed E-state index contributed by atoms with van der Waals surface area (Å²) < 4.78 is 0. The second kappa shape index (κ2) is 6.98. The largest absolute Gasteiger partial charge is 0.272 e. The Kier molecular flexibility index (Phi) is 6.34. The Labute approximate surface area is 91.3 Å². The highest BCUT2D eigenvalue weighted by atomic mass is 16.6. The van der Waals surface area contributed by atoms with Gasteiger partial charge in [0, 0.05) is 11.6 Å². The summed E-state index contributed by atoms with van der Waals surface area (Å²) in [6.07, 6.45) is 0.706. The number of nitrogens with zero attached hydrogens (tertiary/aromatic N) is 1. The van der Waals surface area contributed by atoms with Crippen LogP contribution in [-0.2, 0) is 6.42 Å². The first-order valence-electron chi connectivity index (χ1n) is 5.21. The number of nitro groups is 1. The standard InChI is InChI=1S/C8H9NO2.C4H10/c1-2-7-5-3-4-6-8(7)9(10)11;1-4(2)3/h3-6H,2H2,1H3;4H,1-3H3. The first kappa shape index (κ1) is 13.6. The summed E-state index contributed by atoms with van der Waals surface area (Å²) in [6, 6.07) is 6.79. The Morgan fingerprint density at radius 1 is 1.27 bits per heavy atom. The van der Waals surface area contributed by atoms with Crippen molar-refractivity contribution in [3.63, 3.8) is 0 Å². The fourth-order valence-electron chi connectivity index (χ4n) is 0.988. The highest BCUT2D eigenvalue weighted by Crippen LogP contribution is 2.17. The van der Waals surface area contributed by atoms with Crippen molar-refractivity contribution in [2.24, 2.45) is 5.92 Å². The van der Waals surface area contributed by atoms with Crippen molar-refractivity contribution in [1.29, 1.82) is 0 Å². The van der Waals surface area contributed by atoms with E-state index >= 15 is 0 Å². The predicted octanol–water partition coefficient (Wildman–Crippen LogP) is 3.82. The van der Waals surface area contributed by atoms with Gasteiger partial charge in [-0.15, -0.1) is 0 Å². The molecule has 0 bridgehead atoms. The molecule has 0 aromatic heterocycles. The minimum Gasteiger partial charge on any atom is -0.258 e. The third-order valence-electron chi connectivity index (χ3n) is 1.57. The van der Waals surface area contributed by atoms with Gasteiger partial charge in [0.15, 0.2) is 0 Å². The molecule has 0 aliphatic carbocycles. The first-order chi connectivity index (χ1) is 6.99. The van der Waals surface area contributed by atoms with Crippen molar-refractivity contribution in [1.82, 2.24) is 0 Å². The number of benzene rings is 1. The Morgan fingerprint density at radius 2 is 1.73 bits per heavy atom. The van der Waals surface area contributed by atoms with Crippen molar-refractivity contribution < 1.29 is 4.92 Å². The molecule has 0 aliphatic rings. The summed E-state index contributed by atoms with van der Waals surface area (Å²) in [6.45, 7) is 8.41. The van der Waals surface area contributed by atoms with E-state index in [2.05, 4.69) is 20.8 Å². The molecular formula is C12H19NO2. The summed E-state index contributed by atoms with van der Waals surface area (Å²) >= 11 is 0. The van der Waals surface area contributed by atoms with Gasteiger partial charge in [-0.1, -0.05) is 45.9 Å². The topological polar surface area (TPSA) is 43.1 Å². The van der Waals surface area contributed by atoms with Crippen molar-refractivity contribution in [3.05, 3.63) is 39.9 Å². The summed E-state index contributed by atoms with van der Waals surface area (Å²) in [4.78, 5) is 10.0. The van der Waals surface area contributed by atoms with Crippen LogP contribution in [0.1, 0.15) is 33.3 Å². The summed E-state index contributed by atoms with van der Waals surface area (Å²) in [5.41, 5.74) is 1.01. The molecule has 1 aromatic rings. The van der Waals surface area contributed by atoms with Crippen LogP contribution in [0.5, 0.6) is 0 Å². The minimum absolute atomic E-state index is 0.218. The second-order valence-electron chi connectivity index (χ2n) is 3.97. The van der Waals surface area contributed by atoms with Gasteiger partial charge in [0.25, 0.3) is 5.69 Å². The lowest BCUT2D eigenvalue weighted by molar-refractivity contribution is -0.385. The second-order valence-corrected chi connectivity index (χ2v) is 3.97.